The lowest BCUT2D eigenvalue weighted by Crippen LogP contribution is -2.06. The second-order valence-electron chi connectivity index (χ2n) is 3.35. The molecule has 0 aliphatic heterocycles. The van der Waals surface area contributed by atoms with E-state index in [1.54, 1.807) is 6.92 Å². The van der Waals surface area contributed by atoms with Crippen LogP contribution in [0.2, 0.25) is 0 Å². The van der Waals surface area contributed by atoms with Crippen molar-refractivity contribution in [2.45, 2.75) is 26.0 Å². The fraction of sp³-hybridized carbons (Fsp3) is 0.455. The normalized spacial score (nSPS) is 11.6. The molecule has 1 rings (SSSR count). The Morgan fingerprint density at radius 2 is 1.50 bits per heavy atom. The zero-order chi connectivity index (χ0) is 10.6. The minimum atomic E-state index is -2.89. The van der Waals surface area contributed by atoms with Gasteiger partial charge in [-0.05, 0) is 17.5 Å². The third kappa shape index (κ3) is 3.14. The molecule has 0 aliphatic rings. The van der Waals surface area contributed by atoms with Gasteiger partial charge in [0.1, 0.15) is 0 Å². The highest BCUT2D eigenvalue weighted by Gasteiger charge is 2.07. The summed E-state index contributed by atoms with van der Waals surface area (Å²) in [6, 6.07) is 7.76. The number of aryl methyl sites for hydroxylation is 1. The summed E-state index contributed by atoms with van der Waals surface area (Å²) in [5.74, 6) is 0.371. The van der Waals surface area contributed by atoms with Gasteiger partial charge in [0, 0.05) is 5.75 Å². The van der Waals surface area contributed by atoms with Crippen molar-refractivity contribution in [3.05, 3.63) is 35.4 Å². The smallest absolute Gasteiger partial charge is 0.154 e. The van der Waals surface area contributed by atoms with Gasteiger partial charge in [-0.2, -0.15) is 0 Å². The van der Waals surface area contributed by atoms with Crippen LogP contribution in [-0.4, -0.2) is 14.2 Å². The van der Waals surface area contributed by atoms with Gasteiger partial charge in [-0.15, -0.1) is 0 Å². The quantitative estimate of drug-likeness (QED) is 0.766. The molecule has 0 heterocycles. The molecule has 0 amide bonds. The van der Waals surface area contributed by atoms with Crippen LogP contribution in [0.25, 0.3) is 0 Å². The monoisotopic (exact) mass is 212 g/mol. The van der Waals surface area contributed by atoms with Crippen LogP contribution in [0.1, 0.15) is 25.0 Å². The van der Waals surface area contributed by atoms with Gasteiger partial charge >= 0.3 is 0 Å². The first-order valence-electron chi connectivity index (χ1n) is 4.85. The molecule has 2 nitrogen and oxygen atoms in total. The molecule has 0 atom stereocenters. The molecule has 1 aromatic rings. The molecule has 14 heavy (non-hydrogen) atoms. The average molecular weight is 212 g/mol. The predicted molar refractivity (Wildman–Crippen MR) is 59.0 cm³/mol. The Labute approximate surface area is 85.9 Å². The Morgan fingerprint density at radius 1 is 1.00 bits per heavy atom. The van der Waals surface area contributed by atoms with Crippen molar-refractivity contribution < 1.29 is 8.42 Å². The molecule has 0 unspecified atom stereocenters. The molecule has 78 valence electrons. The fourth-order valence-corrected chi connectivity index (χ4v) is 2.13. The summed E-state index contributed by atoms with van der Waals surface area (Å²) in [5, 5.41) is 0. The van der Waals surface area contributed by atoms with Crippen molar-refractivity contribution >= 4 is 9.84 Å². The van der Waals surface area contributed by atoms with E-state index in [2.05, 4.69) is 6.92 Å². The van der Waals surface area contributed by atoms with Crippen molar-refractivity contribution in [2.24, 2.45) is 0 Å². The second-order valence-corrected chi connectivity index (χ2v) is 5.70. The SMILES string of the molecule is CCc1ccc(CS(=O)(=O)CC)cc1. The van der Waals surface area contributed by atoms with Gasteiger partial charge in [-0.1, -0.05) is 38.1 Å². The molecule has 0 aliphatic carbocycles. The topological polar surface area (TPSA) is 34.1 Å². The summed E-state index contributed by atoms with van der Waals surface area (Å²) in [7, 11) is -2.89. The van der Waals surface area contributed by atoms with Crippen LogP contribution in [0.5, 0.6) is 0 Å². The Morgan fingerprint density at radius 3 is 1.93 bits per heavy atom. The summed E-state index contributed by atoms with van der Waals surface area (Å²) >= 11 is 0. The molecular formula is C11H16O2S. The standard InChI is InChI=1S/C11H16O2S/c1-3-10-5-7-11(8-6-10)9-14(12,13)4-2/h5-8H,3-4,9H2,1-2H3. The molecule has 3 heteroatoms. The molecule has 0 saturated carbocycles. The van der Waals surface area contributed by atoms with Crippen molar-refractivity contribution in [1.82, 2.24) is 0 Å². The molecule has 0 N–H and O–H groups in total. The van der Waals surface area contributed by atoms with Crippen molar-refractivity contribution in [1.29, 1.82) is 0 Å². The van der Waals surface area contributed by atoms with Crippen LogP contribution in [0.15, 0.2) is 24.3 Å². The van der Waals surface area contributed by atoms with Gasteiger partial charge in [0.25, 0.3) is 0 Å². The summed E-state index contributed by atoms with van der Waals surface area (Å²) < 4.78 is 22.6. The fourth-order valence-electron chi connectivity index (χ4n) is 1.23. The Hall–Kier alpha value is -0.830. The van der Waals surface area contributed by atoms with Gasteiger partial charge in [0.05, 0.1) is 5.75 Å². The van der Waals surface area contributed by atoms with E-state index in [9.17, 15) is 8.42 Å². The minimum Gasteiger partial charge on any atom is -0.229 e. The molecule has 1 aromatic carbocycles. The van der Waals surface area contributed by atoms with E-state index >= 15 is 0 Å². The van der Waals surface area contributed by atoms with Crippen molar-refractivity contribution in [2.75, 3.05) is 5.75 Å². The zero-order valence-corrected chi connectivity index (χ0v) is 9.47. The largest absolute Gasteiger partial charge is 0.229 e. The van der Waals surface area contributed by atoms with E-state index in [0.29, 0.717) is 0 Å². The van der Waals surface area contributed by atoms with Gasteiger partial charge < -0.3 is 0 Å². The molecule has 0 spiro atoms. The summed E-state index contributed by atoms with van der Waals surface area (Å²) in [4.78, 5) is 0. The van der Waals surface area contributed by atoms with Gasteiger partial charge in [0.2, 0.25) is 0 Å². The van der Waals surface area contributed by atoms with Crippen LogP contribution < -0.4 is 0 Å². The maximum atomic E-state index is 11.3. The van der Waals surface area contributed by atoms with Crippen molar-refractivity contribution in [3.8, 4) is 0 Å². The highest BCUT2D eigenvalue weighted by molar-refractivity contribution is 7.90. The molecule has 0 aromatic heterocycles. The van der Waals surface area contributed by atoms with Gasteiger partial charge in [0.15, 0.2) is 9.84 Å². The second kappa shape index (κ2) is 4.60. The highest BCUT2D eigenvalue weighted by atomic mass is 32.2. The van der Waals surface area contributed by atoms with E-state index in [1.165, 1.54) is 5.56 Å². The number of hydrogen-bond acceptors (Lipinski definition) is 2. The lowest BCUT2D eigenvalue weighted by Gasteiger charge is -2.02. The number of hydrogen-bond donors (Lipinski definition) is 0. The zero-order valence-electron chi connectivity index (χ0n) is 8.66. The third-order valence-electron chi connectivity index (χ3n) is 2.26. The number of benzene rings is 1. The van der Waals surface area contributed by atoms with Crippen LogP contribution in [0.3, 0.4) is 0 Å². The third-order valence-corrected chi connectivity index (χ3v) is 3.91. The van der Waals surface area contributed by atoms with Crippen LogP contribution in [0, 0.1) is 0 Å². The van der Waals surface area contributed by atoms with E-state index in [1.807, 2.05) is 24.3 Å². The van der Waals surface area contributed by atoms with Gasteiger partial charge in [-0.25, -0.2) is 8.42 Å². The summed E-state index contributed by atoms with van der Waals surface area (Å²) in [5.41, 5.74) is 2.12. The first kappa shape index (κ1) is 11.2. The number of rotatable bonds is 4. The first-order chi connectivity index (χ1) is 6.57. The Bertz CT molecular complexity index is 376. The van der Waals surface area contributed by atoms with Gasteiger partial charge in [-0.3, -0.25) is 0 Å². The molecule has 0 bridgehead atoms. The highest BCUT2D eigenvalue weighted by Crippen LogP contribution is 2.09. The molecule has 0 fully saturated rings. The first-order valence-corrected chi connectivity index (χ1v) is 6.67. The number of sulfone groups is 1. The Kier molecular flexibility index (Phi) is 3.69. The lowest BCUT2D eigenvalue weighted by molar-refractivity contribution is 0.596. The summed E-state index contributed by atoms with van der Waals surface area (Å²) in [6.45, 7) is 3.76. The molecule has 0 saturated heterocycles. The van der Waals surface area contributed by atoms with Crippen LogP contribution in [0.4, 0.5) is 0 Å². The average Bonchev–Trinajstić information content (AvgIpc) is 2.19. The minimum absolute atomic E-state index is 0.160. The van der Waals surface area contributed by atoms with Crippen LogP contribution >= 0.6 is 0 Å². The molecular weight excluding hydrogens is 196 g/mol. The Balaban J connectivity index is 2.79. The van der Waals surface area contributed by atoms with E-state index in [0.717, 1.165) is 12.0 Å². The van der Waals surface area contributed by atoms with E-state index in [4.69, 9.17) is 0 Å². The van der Waals surface area contributed by atoms with E-state index < -0.39 is 9.84 Å². The summed E-state index contributed by atoms with van der Waals surface area (Å²) in [6.07, 6.45) is 0.987. The maximum absolute atomic E-state index is 11.3. The lowest BCUT2D eigenvalue weighted by atomic mass is 10.1. The molecule has 0 radical (unpaired) electrons. The van der Waals surface area contributed by atoms with E-state index in [-0.39, 0.29) is 11.5 Å². The van der Waals surface area contributed by atoms with Crippen LogP contribution in [-0.2, 0) is 22.0 Å². The van der Waals surface area contributed by atoms with Crippen molar-refractivity contribution in [3.63, 3.8) is 0 Å². The predicted octanol–water partition coefficient (Wildman–Crippen LogP) is 2.18. The maximum Gasteiger partial charge on any atom is 0.154 e.